The van der Waals surface area contributed by atoms with Crippen LogP contribution in [0.3, 0.4) is 0 Å². The summed E-state index contributed by atoms with van der Waals surface area (Å²) in [5.74, 6) is -1.94. The second kappa shape index (κ2) is 9.34. The third-order valence-corrected chi connectivity index (χ3v) is 6.64. The number of carbonyl (C=O) groups excluding carboxylic acids is 2. The first kappa shape index (κ1) is 23.9. The molecule has 4 aromatic rings. The van der Waals surface area contributed by atoms with E-state index in [4.69, 9.17) is 0 Å². The van der Waals surface area contributed by atoms with Gasteiger partial charge in [0.25, 0.3) is 17.4 Å². The molecule has 0 spiro atoms. The fourth-order valence-electron chi connectivity index (χ4n) is 4.75. The molecule has 4 heterocycles. The van der Waals surface area contributed by atoms with Crippen LogP contribution in [-0.4, -0.2) is 52.1 Å². The van der Waals surface area contributed by atoms with Gasteiger partial charge in [-0.3, -0.25) is 19.7 Å². The van der Waals surface area contributed by atoms with Crippen LogP contribution in [0, 0.1) is 24.0 Å². The molecule has 11 heteroatoms. The smallest absolute Gasteiger partial charge is 0.295 e. The highest BCUT2D eigenvalue weighted by atomic mass is 16.6. The number of ketones is 1. The number of non-ortho nitro benzene ring substituents is 1. The first-order valence-corrected chi connectivity index (χ1v) is 11.7. The van der Waals surface area contributed by atoms with E-state index < -0.39 is 22.7 Å². The molecule has 1 amide bonds. The van der Waals surface area contributed by atoms with E-state index in [9.17, 15) is 24.8 Å². The van der Waals surface area contributed by atoms with Crippen LogP contribution in [-0.2, 0) is 16.1 Å². The van der Waals surface area contributed by atoms with Gasteiger partial charge in [-0.25, -0.2) is 9.97 Å². The van der Waals surface area contributed by atoms with Crippen molar-refractivity contribution in [1.82, 2.24) is 23.8 Å². The van der Waals surface area contributed by atoms with Crippen molar-refractivity contribution in [3.05, 3.63) is 99.5 Å². The molecule has 1 unspecified atom stereocenters. The maximum atomic E-state index is 13.3. The normalized spacial score (nSPS) is 17.1. The molecule has 0 saturated carbocycles. The zero-order valence-electron chi connectivity index (χ0n) is 20.2. The number of aryl methyl sites for hydroxylation is 3. The summed E-state index contributed by atoms with van der Waals surface area (Å²) in [6, 6.07) is 8.48. The lowest BCUT2D eigenvalue weighted by Gasteiger charge is -2.25. The lowest BCUT2D eigenvalue weighted by atomic mass is 9.96. The minimum atomic E-state index is -0.922. The number of carbonyl (C=O) groups is 2. The van der Waals surface area contributed by atoms with Crippen LogP contribution in [0.4, 0.5) is 5.69 Å². The van der Waals surface area contributed by atoms with Crippen LogP contribution >= 0.6 is 0 Å². The highest BCUT2D eigenvalue weighted by Crippen LogP contribution is 2.40. The summed E-state index contributed by atoms with van der Waals surface area (Å²) < 4.78 is 3.67. The number of nitro benzene ring substituents is 1. The number of nitrogens with zero attached hydrogens (tertiary/aromatic N) is 6. The number of amides is 1. The van der Waals surface area contributed by atoms with E-state index in [0.717, 1.165) is 5.56 Å². The number of rotatable bonds is 7. The maximum Gasteiger partial charge on any atom is 0.295 e. The zero-order valence-corrected chi connectivity index (χ0v) is 20.2. The Kier molecular flexibility index (Phi) is 6.04. The van der Waals surface area contributed by atoms with Crippen molar-refractivity contribution in [1.29, 1.82) is 0 Å². The minimum Gasteiger partial charge on any atom is -0.505 e. The first-order chi connectivity index (χ1) is 17.8. The maximum absolute atomic E-state index is 13.3. The van der Waals surface area contributed by atoms with Gasteiger partial charge in [-0.2, -0.15) is 0 Å². The molecule has 5 rings (SSSR count). The Bertz CT molecular complexity index is 1550. The first-order valence-electron chi connectivity index (χ1n) is 11.7. The van der Waals surface area contributed by atoms with Gasteiger partial charge in [0.2, 0.25) is 0 Å². The van der Waals surface area contributed by atoms with Crippen LogP contribution in [0.1, 0.15) is 35.0 Å². The predicted octanol–water partition coefficient (Wildman–Crippen LogP) is 3.57. The van der Waals surface area contributed by atoms with E-state index in [-0.39, 0.29) is 29.3 Å². The summed E-state index contributed by atoms with van der Waals surface area (Å²) in [5, 5.41) is 22.6. The Hall–Kier alpha value is -4.80. The number of aliphatic hydroxyl groups is 1. The van der Waals surface area contributed by atoms with Crippen molar-refractivity contribution in [2.45, 2.75) is 32.9 Å². The Morgan fingerprint density at radius 3 is 2.51 bits per heavy atom. The van der Waals surface area contributed by atoms with Crippen molar-refractivity contribution < 1.29 is 19.6 Å². The summed E-state index contributed by atoms with van der Waals surface area (Å²) in [7, 11) is 0. The SMILES string of the molecule is Cc1cccn2c(C)c(/C(O)=C3\C(=O)C(=O)N(CCCn4ccnc4)C3c3ccc([N+](=O)[O-])cc3)nc12. The number of likely N-dealkylation sites (tertiary alicyclic amines) is 1. The van der Waals surface area contributed by atoms with Gasteiger partial charge >= 0.3 is 0 Å². The number of hydrogen-bond donors (Lipinski definition) is 1. The molecule has 1 atom stereocenters. The molecule has 1 saturated heterocycles. The van der Waals surface area contributed by atoms with E-state index in [0.29, 0.717) is 29.9 Å². The average molecular weight is 501 g/mol. The number of fused-ring (bicyclic) bond motifs is 1. The number of benzene rings is 1. The molecule has 37 heavy (non-hydrogen) atoms. The second-order valence-corrected chi connectivity index (χ2v) is 8.93. The second-order valence-electron chi connectivity index (χ2n) is 8.93. The van der Waals surface area contributed by atoms with Crippen LogP contribution in [0.25, 0.3) is 11.4 Å². The number of aromatic nitrogens is 4. The lowest BCUT2D eigenvalue weighted by Crippen LogP contribution is -2.31. The van der Waals surface area contributed by atoms with Crippen molar-refractivity contribution in [3.63, 3.8) is 0 Å². The molecule has 1 aromatic carbocycles. The molecule has 1 fully saturated rings. The molecule has 0 aliphatic carbocycles. The molecule has 11 nitrogen and oxygen atoms in total. The minimum absolute atomic E-state index is 0.0920. The molecule has 0 radical (unpaired) electrons. The Morgan fingerprint density at radius 1 is 1.11 bits per heavy atom. The number of hydrogen-bond acceptors (Lipinski definition) is 7. The van der Waals surface area contributed by atoms with Crippen molar-refractivity contribution in [2.24, 2.45) is 0 Å². The van der Waals surface area contributed by atoms with E-state index in [2.05, 4.69) is 9.97 Å². The molecular formula is C26H24N6O5. The van der Waals surface area contributed by atoms with Crippen LogP contribution in [0.2, 0.25) is 0 Å². The Balaban J connectivity index is 1.61. The number of pyridine rings is 1. The topological polar surface area (TPSA) is 136 Å². The lowest BCUT2D eigenvalue weighted by molar-refractivity contribution is -0.384. The van der Waals surface area contributed by atoms with Gasteiger partial charge in [0.1, 0.15) is 11.3 Å². The van der Waals surface area contributed by atoms with Gasteiger partial charge in [-0.1, -0.05) is 6.07 Å². The summed E-state index contributed by atoms with van der Waals surface area (Å²) >= 11 is 0. The predicted molar refractivity (Wildman–Crippen MR) is 134 cm³/mol. The monoisotopic (exact) mass is 500 g/mol. The van der Waals surface area contributed by atoms with Gasteiger partial charge in [-0.05, 0) is 49.6 Å². The Morgan fingerprint density at radius 2 is 1.86 bits per heavy atom. The van der Waals surface area contributed by atoms with Crippen molar-refractivity contribution in [2.75, 3.05) is 6.54 Å². The zero-order chi connectivity index (χ0) is 26.3. The standard InChI is InChI=1S/C26H24N6O5/c1-16-5-3-12-30-17(2)21(28-25(16)30)23(33)20-22(18-6-8-19(9-7-18)32(36)37)31(26(35)24(20)34)13-4-11-29-14-10-27-15-29/h3,5-10,12,14-15,22,33H,4,11,13H2,1-2H3/b23-20+. The summed E-state index contributed by atoms with van der Waals surface area (Å²) in [6.45, 7) is 4.46. The van der Waals surface area contributed by atoms with E-state index >= 15 is 0 Å². The molecule has 1 N–H and O–H groups in total. The number of aliphatic hydroxyl groups excluding tert-OH is 1. The van der Waals surface area contributed by atoms with Crippen LogP contribution in [0.5, 0.6) is 0 Å². The van der Waals surface area contributed by atoms with Crippen LogP contribution < -0.4 is 0 Å². The average Bonchev–Trinajstić information content (AvgIpc) is 3.59. The van der Waals surface area contributed by atoms with E-state index in [1.54, 1.807) is 25.6 Å². The van der Waals surface area contributed by atoms with Gasteiger partial charge in [0.15, 0.2) is 5.76 Å². The third-order valence-electron chi connectivity index (χ3n) is 6.64. The highest BCUT2D eigenvalue weighted by Gasteiger charge is 2.46. The number of nitro groups is 1. The molecule has 1 aliphatic heterocycles. The Labute approximate surface area is 211 Å². The fraction of sp³-hybridized carbons (Fsp3) is 0.231. The highest BCUT2D eigenvalue weighted by molar-refractivity contribution is 6.46. The van der Waals surface area contributed by atoms with Crippen molar-refractivity contribution >= 4 is 28.8 Å². The van der Waals surface area contributed by atoms with Gasteiger partial charge in [0, 0.05) is 43.8 Å². The molecule has 0 bridgehead atoms. The number of imidazole rings is 2. The molecule has 3 aromatic heterocycles. The molecule has 1 aliphatic rings. The summed E-state index contributed by atoms with van der Waals surface area (Å²) in [6.07, 6.45) is 7.46. The molecule has 188 valence electrons. The number of Topliss-reactive ketones (excluding diaryl/α,β-unsaturated/α-hetero) is 1. The molecular weight excluding hydrogens is 476 g/mol. The van der Waals surface area contributed by atoms with Crippen LogP contribution in [0.15, 0.2) is 66.9 Å². The summed E-state index contributed by atoms with van der Waals surface area (Å²) in [4.78, 5) is 47.2. The third kappa shape index (κ3) is 4.14. The van der Waals surface area contributed by atoms with Gasteiger partial charge in [-0.15, -0.1) is 0 Å². The van der Waals surface area contributed by atoms with Gasteiger partial charge in [0.05, 0.1) is 28.6 Å². The van der Waals surface area contributed by atoms with E-state index in [1.807, 2.05) is 34.2 Å². The van der Waals surface area contributed by atoms with Gasteiger partial charge < -0.3 is 19.0 Å². The summed E-state index contributed by atoms with van der Waals surface area (Å²) in [5.41, 5.74) is 2.60. The quantitative estimate of drug-likeness (QED) is 0.135. The van der Waals surface area contributed by atoms with Crippen molar-refractivity contribution in [3.8, 4) is 0 Å². The largest absolute Gasteiger partial charge is 0.505 e. The van der Waals surface area contributed by atoms with E-state index in [1.165, 1.54) is 29.2 Å². The fourth-order valence-corrected chi connectivity index (χ4v) is 4.75.